The molecule has 136 valence electrons. The maximum atomic E-state index is 13.2. The third kappa shape index (κ3) is 3.04. The van der Waals surface area contributed by atoms with Gasteiger partial charge in [0.2, 0.25) is 0 Å². The number of fused-ring (bicyclic) bond motifs is 1. The monoisotopic (exact) mass is 418 g/mol. The molecule has 2 aliphatic rings. The second-order valence-electron chi connectivity index (χ2n) is 6.16. The average molecular weight is 419 g/mol. The Hall–Kier alpha value is -2.28. The van der Waals surface area contributed by atoms with Gasteiger partial charge in [0.25, 0.3) is 17.1 Å². The number of carbonyl (C=O) groups excluding carboxylic acids is 3. The molecule has 2 aromatic rings. The van der Waals surface area contributed by atoms with E-state index in [1.54, 1.807) is 18.2 Å². The summed E-state index contributed by atoms with van der Waals surface area (Å²) in [6, 6.07) is 10.7. The quantitative estimate of drug-likeness (QED) is 0.726. The van der Waals surface area contributed by atoms with Crippen LogP contribution in [0.3, 0.4) is 0 Å². The van der Waals surface area contributed by atoms with Gasteiger partial charge in [-0.2, -0.15) is 0 Å². The third-order valence-corrected chi connectivity index (χ3v) is 5.98. The highest BCUT2D eigenvalue weighted by Gasteiger charge is 2.40. The van der Waals surface area contributed by atoms with Crippen molar-refractivity contribution >= 4 is 63.3 Å². The van der Waals surface area contributed by atoms with Gasteiger partial charge in [0.15, 0.2) is 0 Å². The van der Waals surface area contributed by atoms with Crippen LogP contribution in [0.4, 0.5) is 10.5 Å². The van der Waals surface area contributed by atoms with Crippen molar-refractivity contribution in [2.24, 2.45) is 0 Å². The predicted molar refractivity (Wildman–Crippen MR) is 107 cm³/mol. The zero-order chi connectivity index (χ0) is 19.3. The van der Waals surface area contributed by atoms with Gasteiger partial charge in [0.05, 0.1) is 22.7 Å². The minimum atomic E-state index is -0.557. The molecule has 2 aromatic carbocycles. The lowest BCUT2D eigenvalue weighted by Crippen LogP contribution is -2.27. The summed E-state index contributed by atoms with van der Waals surface area (Å²) in [5.41, 5.74) is 3.05. The molecule has 0 aromatic heterocycles. The number of halogens is 2. The highest BCUT2D eigenvalue weighted by molar-refractivity contribution is 8.18. The number of amides is 3. The Labute approximate surface area is 169 Å². The van der Waals surface area contributed by atoms with E-state index in [1.807, 2.05) is 25.1 Å². The Morgan fingerprint density at radius 1 is 1.07 bits per heavy atom. The molecule has 1 saturated heterocycles. The normalized spacial score (nSPS) is 18.9. The molecule has 4 rings (SSSR count). The Morgan fingerprint density at radius 3 is 2.41 bits per heavy atom. The van der Waals surface area contributed by atoms with E-state index in [2.05, 4.69) is 5.32 Å². The molecule has 1 N–H and O–H groups in total. The van der Waals surface area contributed by atoms with E-state index < -0.39 is 11.1 Å². The van der Waals surface area contributed by atoms with Crippen LogP contribution in [0.1, 0.15) is 16.7 Å². The van der Waals surface area contributed by atoms with Gasteiger partial charge in [-0.25, -0.2) is 0 Å². The first-order valence-electron chi connectivity index (χ1n) is 8.00. The first kappa shape index (κ1) is 18.1. The van der Waals surface area contributed by atoms with E-state index in [0.29, 0.717) is 26.9 Å². The van der Waals surface area contributed by atoms with Gasteiger partial charge in [-0.1, -0.05) is 40.9 Å². The van der Waals surface area contributed by atoms with Crippen LogP contribution < -0.4 is 10.2 Å². The van der Waals surface area contributed by atoms with Gasteiger partial charge in [-0.05, 0) is 43.0 Å². The number of thioether (sulfide) groups is 1. The fourth-order valence-corrected chi connectivity index (χ4v) is 4.43. The second-order valence-corrected chi connectivity index (χ2v) is 7.96. The molecule has 8 heteroatoms. The lowest BCUT2D eigenvalue weighted by molar-refractivity contribution is -0.116. The summed E-state index contributed by atoms with van der Waals surface area (Å²) in [6.07, 6.45) is 0. The minimum absolute atomic E-state index is 0.115. The average Bonchev–Trinajstić information content (AvgIpc) is 3.06. The van der Waals surface area contributed by atoms with Gasteiger partial charge >= 0.3 is 0 Å². The van der Waals surface area contributed by atoms with Crippen molar-refractivity contribution in [2.75, 3.05) is 4.90 Å². The highest BCUT2D eigenvalue weighted by atomic mass is 35.5. The van der Waals surface area contributed by atoms with Gasteiger partial charge in [0, 0.05) is 21.2 Å². The van der Waals surface area contributed by atoms with Crippen molar-refractivity contribution in [3.63, 3.8) is 0 Å². The summed E-state index contributed by atoms with van der Waals surface area (Å²) >= 11 is 13.3. The Kier molecular flexibility index (Phi) is 4.50. The smallest absolute Gasteiger partial charge is 0.290 e. The molecule has 0 saturated carbocycles. The fourth-order valence-electron chi connectivity index (χ4n) is 3.14. The maximum absolute atomic E-state index is 13.2. The number of rotatable bonds is 2. The molecule has 2 heterocycles. The van der Waals surface area contributed by atoms with Crippen LogP contribution in [0.15, 0.2) is 41.3 Å². The van der Waals surface area contributed by atoms with Crippen molar-refractivity contribution in [3.8, 4) is 0 Å². The SMILES string of the molecule is Cc1ccc2c(c1)/C(=C1\SC(=O)NC1=O)C(=O)N2Cc1c(Cl)cccc1Cl. The molecule has 27 heavy (non-hydrogen) atoms. The number of imide groups is 1. The van der Waals surface area contributed by atoms with Crippen LogP contribution in [0.25, 0.3) is 5.57 Å². The molecule has 1 fully saturated rings. The number of anilines is 1. The third-order valence-electron chi connectivity index (χ3n) is 4.39. The molecular weight excluding hydrogens is 407 g/mol. The lowest BCUT2D eigenvalue weighted by atomic mass is 10.0. The molecule has 0 radical (unpaired) electrons. The molecule has 0 aliphatic carbocycles. The topological polar surface area (TPSA) is 66.5 Å². The van der Waals surface area contributed by atoms with E-state index in [4.69, 9.17) is 23.2 Å². The van der Waals surface area contributed by atoms with Crippen LogP contribution in [0, 0.1) is 6.92 Å². The van der Waals surface area contributed by atoms with Crippen LogP contribution in [-0.4, -0.2) is 17.1 Å². The summed E-state index contributed by atoms with van der Waals surface area (Å²) in [6.45, 7) is 2.05. The van der Waals surface area contributed by atoms with Gasteiger partial charge in [0.1, 0.15) is 0 Å². The van der Waals surface area contributed by atoms with Crippen molar-refractivity contribution < 1.29 is 14.4 Å². The number of benzene rings is 2. The molecule has 0 spiro atoms. The highest BCUT2D eigenvalue weighted by Crippen LogP contribution is 2.44. The summed E-state index contributed by atoms with van der Waals surface area (Å²) < 4.78 is 0. The predicted octanol–water partition coefficient (Wildman–Crippen LogP) is 4.54. The summed E-state index contributed by atoms with van der Waals surface area (Å²) in [5.74, 6) is -0.919. The molecule has 0 unspecified atom stereocenters. The molecular formula is C19H12Cl2N2O3S. The van der Waals surface area contributed by atoms with Gasteiger partial charge in [-0.3, -0.25) is 19.7 Å². The van der Waals surface area contributed by atoms with Crippen LogP contribution in [-0.2, 0) is 16.1 Å². The number of carbonyl (C=O) groups is 3. The largest absolute Gasteiger partial charge is 0.303 e. The summed E-state index contributed by atoms with van der Waals surface area (Å²) in [4.78, 5) is 38.6. The molecule has 2 aliphatic heterocycles. The first-order chi connectivity index (χ1) is 12.9. The Balaban J connectivity index is 1.86. The second kappa shape index (κ2) is 6.71. The Bertz CT molecular complexity index is 1040. The number of hydrogen-bond donors (Lipinski definition) is 1. The number of nitrogens with zero attached hydrogens (tertiary/aromatic N) is 1. The summed E-state index contributed by atoms with van der Waals surface area (Å²) in [5, 5.41) is 2.62. The molecule has 0 bridgehead atoms. The number of aryl methyl sites for hydroxylation is 1. The molecule has 5 nitrogen and oxygen atoms in total. The van der Waals surface area contributed by atoms with Crippen molar-refractivity contribution in [3.05, 3.63) is 68.0 Å². The number of nitrogens with one attached hydrogen (secondary N) is 1. The Morgan fingerprint density at radius 2 is 1.78 bits per heavy atom. The van der Waals surface area contributed by atoms with E-state index >= 15 is 0 Å². The van der Waals surface area contributed by atoms with Crippen LogP contribution in [0.5, 0.6) is 0 Å². The van der Waals surface area contributed by atoms with Gasteiger partial charge < -0.3 is 4.90 Å². The number of hydrogen-bond acceptors (Lipinski definition) is 4. The lowest BCUT2D eigenvalue weighted by Gasteiger charge is -2.19. The fraction of sp³-hybridized carbons (Fsp3) is 0.105. The molecule has 3 amide bonds. The van der Waals surface area contributed by atoms with E-state index in [0.717, 1.165) is 17.3 Å². The zero-order valence-corrected chi connectivity index (χ0v) is 16.3. The maximum Gasteiger partial charge on any atom is 0.290 e. The van der Waals surface area contributed by atoms with Crippen molar-refractivity contribution in [1.82, 2.24) is 5.32 Å². The van der Waals surface area contributed by atoms with E-state index in [1.165, 1.54) is 4.90 Å². The summed E-state index contributed by atoms with van der Waals surface area (Å²) in [7, 11) is 0. The van der Waals surface area contributed by atoms with E-state index in [9.17, 15) is 14.4 Å². The molecule has 0 atom stereocenters. The van der Waals surface area contributed by atoms with E-state index in [-0.39, 0.29) is 22.9 Å². The van der Waals surface area contributed by atoms with Crippen molar-refractivity contribution in [1.29, 1.82) is 0 Å². The van der Waals surface area contributed by atoms with Crippen LogP contribution >= 0.6 is 35.0 Å². The van der Waals surface area contributed by atoms with Crippen LogP contribution in [0.2, 0.25) is 10.0 Å². The van der Waals surface area contributed by atoms with Crippen molar-refractivity contribution in [2.45, 2.75) is 13.5 Å². The first-order valence-corrected chi connectivity index (χ1v) is 9.57. The van der Waals surface area contributed by atoms with Gasteiger partial charge in [-0.15, -0.1) is 0 Å². The zero-order valence-electron chi connectivity index (χ0n) is 14.0. The minimum Gasteiger partial charge on any atom is -0.303 e. The standard InChI is InChI=1S/C19H12Cl2N2O3S/c1-9-5-6-14-10(7-9)15(16-17(24)22-19(26)27-16)18(25)23(14)8-11-12(20)3-2-4-13(11)21/h2-7H,8H2,1H3,(H,22,24,26)/b16-15+.